The topological polar surface area (TPSA) is 70.2 Å². The van der Waals surface area contributed by atoms with Gasteiger partial charge < -0.3 is 10.6 Å². The molecule has 0 unspecified atom stereocenters. The van der Waals surface area contributed by atoms with E-state index in [1.54, 1.807) is 13.0 Å². The van der Waals surface area contributed by atoms with Crippen LogP contribution in [0.2, 0.25) is 0 Å². The molecule has 6 heteroatoms. The second kappa shape index (κ2) is 9.05. The monoisotopic (exact) mass is 333 g/mol. The number of allylic oxidation sites excluding steroid dienone is 1. The molecule has 0 heterocycles. The van der Waals surface area contributed by atoms with Crippen molar-refractivity contribution in [1.82, 2.24) is 10.6 Å². The van der Waals surface area contributed by atoms with Gasteiger partial charge in [-0.15, -0.1) is 0 Å². The third-order valence-electron chi connectivity index (χ3n) is 4.00. The molecule has 0 fully saturated rings. The minimum atomic E-state index is -0.492. The third-order valence-corrected chi connectivity index (χ3v) is 4.00. The summed E-state index contributed by atoms with van der Waals surface area (Å²) in [4.78, 5) is 23.4. The number of imide groups is 1. The summed E-state index contributed by atoms with van der Waals surface area (Å²) in [6.45, 7) is 2.22. The number of amides is 3. The van der Waals surface area contributed by atoms with E-state index in [9.17, 15) is 14.0 Å². The zero-order chi connectivity index (χ0) is 17.4. The summed E-state index contributed by atoms with van der Waals surface area (Å²) in [5.41, 5.74) is 2.74. The van der Waals surface area contributed by atoms with Crippen LogP contribution in [0.4, 0.5) is 14.9 Å². The minimum absolute atomic E-state index is 0.0506. The zero-order valence-electron chi connectivity index (χ0n) is 14.0. The Bertz CT molecular complexity index is 629. The molecule has 1 aliphatic rings. The predicted molar refractivity (Wildman–Crippen MR) is 92.3 cm³/mol. The number of urea groups is 1. The fraction of sp³-hybridized carbons (Fsp3) is 0.444. The van der Waals surface area contributed by atoms with Crippen molar-refractivity contribution in [2.75, 3.05) is 18.4 Å². The van der Waals surface area contributed by atoms with E-state index in [0.717, 1.165) is 19.3 Å². The highest BCUT2D eigenvalue weighted by molar-refractivity contribution is 5.96. The van der Waals surface area contributed by atoms with Crippen LogP contribution in [0.3, 0.4) is 0 Å². The van der Waals surface area contributed by atoms with E-state index in [1.165, 1.54) is 30.5 Å². The molecular formula is C18H24FN3O2. The highest BCUT2D eigenvalue weighted by Crippen LogP contribution is 2.19. The van der Waals surface area contributed by atoms with Crippen LogP contribution < -0.4 is 16.0 Å². The molecule has 0 aliphatic heterocycles. The summed E-state index contributed by atoms with van der Waals surface area (Å²) in [7, 11) is 0. The summed E-state index contributed by atoms with van der Waals surface area (Å²) in [6, 6.07) is 3.77. The number of nitrogens with one attached hydrogen (secondary N) is 3. The van der Waals surface area contributed by atoms with Gasteiger partial charge in [0.15, 0.2) is 0 Å². The summed E-state index contributed by atoms with van der Waals surface area (Å²) in [5.74, 6) is -0.761. The lowest BCUT2D eigenvalue weighted by Crippen LogP contribution is -2.42. The predicted octanol–water partition coefficient (Wildman–Crippen LogP) is 3.26. The number of benzene rings is 1. The first-order chi connectivity index (χ1) is 11.5. The molecule has 1 aromatic carbocycles. The SMILES string of the molecule is Cc1cc(F)ccc1NCC(=O)NC(=O)NCCC1=CCCCC1. The molecule has 0 saturated carbocycles. The van der Waals surface area contributed by atoms with Gasteiger partial charge in [0.2, 0.25) is 5.91 Å². The number of hydrogen-bond donors (Lipinski definition) is 3. The molecule has 2 rings (SSSR count). The van der Waals surface area contributed by atoms with Crippen molar-refractivity contribution in [3.05, 3.63) is 41.2 Å². The Labute approximate surface area is 141 Å². The molecule has 130 valence electrons. The molecular weight excluding hydrogens is 309 g/mol. The summed E-state index contributed by atoms with van der Waals surface area (Å²) in [6.07, 6.45) is 7.74. The Balaban J connectivity index is 1.66. The quantitative estimate of drug-likeness (QED) is 0.700. The second-order valence-electron chi connectivity index (χ2n) is 5.98. The van der Waals surface area contributed by atoms with Gasteiger partial charge in [0.25, 0.3) is 0 Å². The van der Waals surface area contributed by atoms with Crippen molar-refractivity contribution in [3.8, 4) is 0 Å². The maximum Gasteiger partial charge on any atom is 0.321 e. The van der Waals surface area contributed by atoms with Crippen molar-refractivity contribution >= 4 is 17.6 Å². The number of rotatable bonds is 6. The molecule has 0 radical (unpaired) electrons. The van der Waals surface area contributed by atoms with E-state index in [-0.39, 0.29) is 12.4 Å². The van der Waals surface area contributed by atoms with Crippen LogP contribution in [-0.2, 0) is 4.79 Å². The average molecular weight is 333 g/mol. The standard InChI is InChI=1S/C18H24FN3O2/c1-13-11-15(19)7-8-16(13)21-12-17(23)22-18(24)20-10-9-14-5-3-2-4-6-14/h5,7-8,11,21H,2-4,6,9-10,12H2,1H3,(H2,20,22,23,24). The van der Waals surface area contributed by atoms with Gasteiger partial charge in [0.05, 0.1) is 6.54 Å². The molecule has 0 atom stereocenters. The van der Waals surface area contributed by atoms with Gasteiger partial charge in [-0.25, -0.2) is 9.18 Å². The van der Waals surface area contributed by atoms with Crippen LogP contribution in [-0.4, -0.2) is 25.0 Å². The molecule has 1 aliphatic carbocycles. The Kier molecular flexibility index (Phi) is 6.78. The second-order valence-corrected chi connectivity index (χ2v) is 5.98. The number of carbonyl (C=O) groups excluding carboxylic acids is 2. The lowest BCUT2D eigenvalue weighted by Gasteiger charge is -2.13. The van der Waals surface area contributed by atoms with Crippen molar-refractivity contribution in [1.29, 1.82) is 0 Å². The van der Waals surface area contributed by atoms with E-state index in [0.29, 0.717) is 17.8 Å². The lowest BCUT2D eigenvalue weighted by atomic mass is 9.97. The van der Waals surface area contributed by atoms with Crippen LogP contribution in [0.5, 0.6) is 0 Å². The first-order valence-electron chi connectivity index (χ1n) is 8.30. The van der Waals surface area contributed by atoms with E-state index >= 15 is 0 Å². The third kappa shape index (κ3) is 6.02. The van der Waals surface area contributed by atoms with Crippen LogP contribution in [0.15, 0.2) is 29.8 Å². The van der Waals surface area contributed by atoms with E-state index in [4.69, 9.17) is 0 Å². The van der Waals surface area contributed by atoms with Gasteiger partial charge in [-0.3, -0.25) is 10.1 Å². The Morgan fingerprint density at radius 3 is 2.79 bits per heavy atom. The lowest BCUT2D eigenvalue weighted by molar-refractivity contribution is -0.118. The number of carbonyl (C=O) groups is 2. The normalized spacial score (nSPS) is 13.8. The fourth-order valence-electron chi connectivity index (χ4n) is 2.68. The van der Waals surface area contributed by atoms with Crippen LogP contribution >= 0.6 is 0 Å². The van der Waals surface area contributed by atoms with Crippen molar-refractivity contribution < 1.29 is 14.0 Å². The Morgan fingerprint density at radius 2 is 2.08 bits per heavy atom. The van der Waals surface area contributed by atoms with Gasteiger partial charge in [-0.1, -0.05) is 11.6 Å². The Morgan fingerprint density at radius 1 is 1.25 bits per heavy atom. The molecule has 3 amide bonds. The van der Waals surface area contributed by atoms with Crippen LogP contribution in [0, 0.1) is 12.7 Å². The molecule has 5 nitrogen and oxygen atoms in total. The van der Waals surface area contributed by atoms with Crippen LogP contribution in [0.1, 0.15) is 37.7 Å². The van der Waals surface area contributed by atoms with E-state index < -0.39 is 11.9 Å². The smallest absolute Gasteiger partial charge is 0.321 e. The van der Waals surface area contributed by atoms with Gasteiger partial charge in [-0.05, 0) is 62.8 Å². The van der Waals surface area contributed by atoms with Gasteiger partial charge in [0.1, 0.15) is 5.82 Å². The molecule has 0 bridgehead atoms. The maximum absolute atomic E-state index is 13.0. The first-order valence-corrected chi connectivity index (χ1v) is 8.30. The summed E-state index contributed by atoms with van der Waals surface area (Å²) >= 11 is 0. The summed E-state index contributed by atoms with van der Waals surface area (Å²) in [5, 5.41) is 7.85. The first kappa shape index (κ1) is 18.0. The minimum Gasteiger partial charge on any atom is -0.376 e. The van der Waals surface area contributed by atoms with Gasteiger partial charge in [-0.2, -0.15) is 0 Å². The Hall–Kier alpha value is -2.37. The molecule has 0 spiro atoms. The van der Waals surface area contributed by atoms with Crippen LogP contribution in [0.25, 0.3) is 0 Å². The highest BCUT2D eigenvalue weighted by Gasteiger charge is 2.09. The van der Waals surface area contributed by atoms with E-state index in [1.807, 2.05) is 0 Å². The van der Waals surface area contributed by atoms with Crippen molar-refractivity contribution in [2.24, 2.45) is 0 Å². The van der Waals surface area contributed by atoms with Crippen molar-refractivity contribution in [3.63, 3.8) is 0 Å². The number of aryl methyl sites for hydroxylation is 1. The molecule has 0 saturated heterocycles. The van der Waals surface area contributed by atoms with Gasteiger partial charge in [0, 0.05) is 12.2 Å². The largest absolute Gasteiger partial charge is 0.376 e. The average Bonchev–Trinajstić information content (AvgIpc) is 2.55. The van der Waals surface area contributed by atoms with Gasteiger partial charge >= 0.3 is 6.03 Å². The molecule has 3 N–H and O–H groups in total. The zero-order valence-corrected chi connectivity index (χ0v) is 14.0. The van der Waals surface area contributed by atoms with Crippen molar-refractivity contribution in [2.45, 2.75) is 39.0 Å². The fourth-order valence-corrected chi connectivity index (χ4v) is 2.68. The highest BCUT2D eigenvalue weighted by atomic mass is 19.1. The number of hydrogen-bond acceptors (Lipinski definition) is 3. The molecule has 24 heavy (non-hydrogen) atoms. The number of halogens is 1. The molecule has 0 aromatic heterocycles. The number of anilines is 1. The van der Waals surface area contributed by atoms with E-state index in [2.05, 4.69) is 22.0 Å². The maximum atomic E-state index is 13.0. The summed E-state index contributed by atoms with van der Waals surface area (Å²) < 4.78 is 13.0. The molecule has 1 aromatic rings.